The molecule has 1 aliphatic heterocycles. The average Bonchev–Trinajstić information content (AvgIpc) is 2.99. The summed E-state index contributed by atoms with van der Waals surface area (Å²) in [5.74, 6) is 2.22. The third kappa shape index (κ3) is 1.44. The third-order valence-corrected chi connectivity index (χ3v) is 5.09. The zero-order chi connectivity index (χ0) is 12.1. The summed E-state index contributed by atoms with van der Waals surface area (Å²) in [7, 11) is 0. The average molecular weight is 241 g/mol. The predicted octanol–water partition coefficient (Wildman–Crippen LogP) is 3.01. The van der Waals surface area contributed by atoms with Crippen LogP contribution in [0.3, 0.4) is 0 Å². The number of rotatable bonds is 1. The van der Waals surface area contributed by atoms with Crippen LogP contribution in [0.4, 0.5) is 5.69 Å². The molecule has 0 radical (unpaired) electrons. The van der Waals surface area contributed by atoms with Gasteiger partial charge in [0.25, 0.3) is 0 Å². The van der Waals surface area contributed by atoms with Crippen molar-refractivity contribution >= 4 is 11.6 Å². The molecule has 1 aromatic carbocycles. The van der Waals surface area contributed by atoms with E-state index in [0.29, 0.717) is 11.8 Å². The van der Waals surface area contributed by atoms with Crippen LogP contribution in [0.5, 0.6) is 0 Å². The lowest BCUT2D eigenvalue weighted by molar-refractivity contribution is -0.120. The van der Waals surface area contributed by atoms with E-state index in [4.69, 9.17) is 0 Å². The van der Waals surface area contributed by atoms with Crippen LogP contribution in [0.25, 0.3) is 0 Å². The molecule has 2 atom stereocenters. The molecule has 3 aliphatic rings. The molecule has 0 unspecified atom stereocenters. The number of carbonyl (C=O) groups excluding carboxylic acids is 1. The van der Waals surface area contributed by atoms with Crippen LogP contribution in [0.2, 0.25) is 0 Å². The Hall–Kier alpha value is -1.31. The maximum absolute atomic E-state index is 12.7. The van der Waals surface area contributed by atoms with Crippen LogP contribution in [0.15, 0.2) is 24.3 Å². The quantitative estimate of drug-likeness (QED) is 0.740. The van der Waals surface area contributed by atoms with E-state index in [1.165, 1.54) is 36.9 Å². The molecule has 18 heavy (non-hydrogen) atoms. The second kappa shape index (κ2) is 3.84. The molecular formula is C16H19NO. The van der Waals surface area contributed by atoms with Crippen LogP contribution in [0.1, 0.15) is 31.2 Å². The molecule has 0 N–H and O–H groups in total. The Balaban J connectivity index is 1.57. The van der Waals surface area contributed by atoms with E-state index >= 15 is 0 Å². The molecule has 2 heteroatoms. The van der Waals surface area contributed by atoms with E-state index in [2.05, 4.69) is 23.1 Å². The van der Waals surface area contributed by atoms with E-state index in [0.717, 1.165) is 24.8 Å². The summed E-state index contributed by atoms with van der Waals surface area (Å²) in [4.78, 5) is 14.7. The Morgan fingerprint density at radius 3 is 2.61 bits per heavy atom. The smallest absolute Gasteiger partial charge is 0.230 e. The Bertz CT molecular complexity index is 484. The monoisotopic (exact) mass is 241 g/mol. The second-order valence-electron chi connectivity index (χ2n) is 6.01. The summed E-state index contributed by atoms with van der Waals surface area (Å²) >= 11 is 0. The van der Waals surface area contributed by atoms with Crippen molar-refractivity contribution in [3.63, 3.8) is 0 Å². The molecule has 1 aromatic rings. The number of amides is 1. The van der Waals surface area contributed by atoms with Gasteiger partial charge in [0.15, 0.2) is 0 Å². The van der Waals surface area contributed by atoms with Gasteiger partial charge in [-0.15, -0.1) is 0 Å². The van der Waals surface area contributed by atoms with E-state index in [1.807, 2.05) is 6.07 Å². The van der Waals surface area contributed by atoms with Crippen molar-refractivity contribution in [1.29, 1.82) is 0 Å². The second-order valence-corrected chi connectivity index (χ2v) is 6.01. The van der Waals surface area contributed by atoms with Crippen LogP contribution < -0.4 is 4.90 Å². The molecule has 4 rings (SSSR count). The summed E-state index contributed by atoms with van der Waals surface area (Å²) in [5, 5.41) is 0. The molecule has 0 aromatic heterocycles. The molecular weight excluding hydrogens is 222 g/mol. The van der Waals surface area contributed by atoms with Gasteiger partial charge in [-0.2, -0.15) is 0 Å². The van der Waals surface area contributed by atoms with Crippen molar-refractivity contribution in [2.24, 2.45) is 17.8 Å². The van der Waals surface area contributed by atoms with Gasteiger partial charge >= 0.3 is 0 Å². The minimum absolute atomic E-state index is 0.360. The van der Waals surface area contributed by atoms with Gasteiger partial charge < -0.3 is 4.90 Å². The van der Waals surface area contributed by atoms with Gasteiger partial charge in [-0.3, -0.25) is 4.79 Å². The maximum atomic E-state index is 12.7. The minimum atomic E-state index is 0.360. The van der Waals surface area contributed by atoms with Crippen LogP contribution in [0, 0.1) is 17.8 Å². The lowest BCUT2D eigenvalue weighted by atomic mass is 10.0. The topological polar surface area (TPSA) is 20.3 Å². The van der Waals surface area contributed by atoms with Gasteiger partial charge in [-0.05, 0) is 42.7 Å². The summed E-state index contributed by atoms with van der Waals surface area (Å²) in [6, 6.07) is 8.38. The number of carbonyl (C=O) groups is 1. The number of hydrogen-bond donors (Lipinski definition) is 0. The highest BCUT2D eigenvalue weighted by Crippen LogP contribution is 2.56. The Kier molecular flexibility index (Phi) is 2.26. The van der Waals surface area contributed by atoms with E-state index in [1.54, 1.807) is 0 Å². The Morgan fingerprint density at radius 1 is 1.11 bits per heavy atom. The maximum Gasteiger partial charge on any atom is 0.230 e. The number of para-hydroxylation sites is 1. The lowest BCUT2D eigenvalue weighted by Crippen LogP contribution is -2.31. The number of benzene rings is 1. The zero-order valence-electron chi connectivity index (χ0n) is 10.6. The SMILES string of the molecule is O=C(C1[C@H]2CCCC[C@H]12)N1CCc2ccccc21. The number of fused-ring (bicyclic) bond motifs is 2. The fourth-order valence-corrected chi connectivity index (χ4v) is 4.11. The molecule has 0 saturated heterocycles. The predicted molar refractivity (Wildman–Crippen MR) is 71.4 cm³/mol. The van der Waals surface area contributed by atoms with E-state index in [-0.39, 0.29) is 0 Å². The Morgan fingerprint density at radius 2 is 1.83 bits per heavy atom. The molecule has 94 valence electrons. The van der Waals surface area contributed by atoms with Gasteiger partial charge in [0.2, 0.25) is 5.91 Å². The van der Waals surface area contributed by atoms with Crippen molar-refractivity contribution in [3.8, 4) is 0 Å². The highest BCUT2D eigenvalue weighted by molar-refractivity contribution is 5.99. The first-order chi connectivity index (χ1) is 8.86. The molecule has 2 fully saturated rings. The highest BCUT2D eigenvalue weighted by atomic mass is 16.2. The number of hydrogen-bond acceptors (Lipinski definition) is 1. The molecule has 2 nitrogen and oxygen atoms in total. The minimum Gasteiger partial charge on any atom is -0.312 e. The largest absolute Gasteiger partial charge is 0.312 e. The van der Waals surface area contributed by atoms with Crippen LogP contribution in [-0.2, 0) is 11.2 Å². The van der Waals surface area contributed by atoms with Crippen molar-refractivity contribution in [1.82, 2.24) is 0 Å². The summed E-state index contributed by atoms with van der Waals surface area (Å²) in [6.45, 7) is 0.897. The Labute approximate surface area is 108 Å². The molecule has 0 bridgehead atoms. The molecule has 1 heterocycles. The first-order valence-electron chi connectivity index (χ1n) is 7.25. The summed E-state index contributed by atoms with van der Waals surface area (Å²) < 4.78 is 0. The standard InChI is InChI=1S/C16H19NO/c18-16(15-12-6-2-3-7-13(12)15)17-10-9-11-5-1-4-8-14(11)17/h1,4-5,8,12-13,15H,2-3,6-7,9-10H2/t12-,13-/m0/s1. The normalized spacial score (nSPS) is 32.9. The van der Waals surface area contributed by atoms with Gasteiger partial charge in [-0.1, -0.05) is 31.0 Å². The third-order valence-electron chi connectivity index (χ3n) is 5.09. The van der Waals surface area contributed by atoms with Gasteiger partial charge in [-0.25, -0.2) is 0 Å². The number of anilines is 1. The summed E-state index contributed by atoms with van der Waals surface area (Å²) in [5.41, 5.74) is 2.51. The van der Waals surface area contributed by atoms with Gasteiger partial charge in [0.1, 0.15) is 0 Å². The van der Waals surface area contributed by atoms with Crippen LogP contribution >= 0.6 is 0 Å². The molecule has 0 spiro atoms. The van der Waals surface area contributed by atoms with Crippen molar-refractivity contribution in [3.05, 3.63) is 29.8 Å². The van der Waals surface area contributed by atoms with Crippen molar-refractivity contribution in [2.75, 3.05) is 11.4 Å². The number of nitrogens with zero attached hydrogens (tertiary/aromatic N) is 1. The lowest BCUT2D eigenvalue weighted by Gasteiger charge is -2.17. The molecule has 1 amide bonds. The van der Waals surface area contributed by atoms with Crippen molar-refractivity contribution in [2.45, 2.75) is 32.1 Å². The van der Waals surface area contributed by atoms with Gasteiger partial charge in [0, 0.05) is 18.2 Å². The first kappa shape index (κ1) is 10.6. The van der Waals surface area contributed by atoms with Crippen LogP contribution in [-0.4, -0.2) is 12.5 Å². The molecule has 2 saturated carbocycles. The first-order valence-corrected chi connectivity index (χ1v) is 7.25. The fraction of sp³-hybridized carbons (Fsp3) is 0.562. The van der Waals surface area contributed by atoms with E-state index in [9.17, 15) is 4.79 Å². The van der Waals surface area contributed by atoms with Gasteiger partial charge in [0.05, 0.1) is 0 Å². The highest BCUT2D eigenvalue weighted by Gasteiger charge is 2.56. The zero-order valence-corrected chi connectivity index (χ0v) is 10.6. The summed E-state index contributed by atoms with van der Waals surface area (Å²) in [6.07, 6.45) is 6.28. The fourth-order valence-electron chi connectivity index (χ4n) is 4.11. The van der Waals surface area contributed by atoms with E-state index < -0.39 is 0 Å². The van der Waals surface area contributed by atoms with Crippen molar-refractivity contribution < 1.29 is 4.79 Å². The molecule has 2 aliphatic carbocycles.